The van der Waals surface area contributed by atoms with E-state index < -0.39 is 5.60 Å². The van der Waals surface area contributed by atoms with Crippen molar-refractivity contribution in [2.24, 2.45) is 5.92 Å². The Kier molecular flexibility index (Phi) is 2.56. The summed E-state index contributed by atoms with van der Waals surface area (Å²) in [6.45, 7) is 9.81. The predicted molar refractivity (Wildman–Crippen MR) is 70.8 cm³/mol. The summed E-state index contributed by atoms with van der Waals surface area (Å²) >= 11 is 3.48. The first-order valence-corrected chi connectivity index (χ1v) is 6.50. The van der Waals surface area contributed by atoms with Crippen LogP contribution in [0.5, 0.6) is 5.75 Å². The minimum atomic E-state index is -0.407. The third-order valence-electron chi connectivity index (χ3n) is 3.61. The molecule has 17 heavy (non-hydrogen) atoms. The molecule has 3 rings (SSSR count). The molecule has 0 bridgehead atoms. The van der Waals surface area contributed by atoms with Crippen LogP contribution in [0.1, 0.15) is 12.0 Å². The van der Waals surface area contributed by atoms with Gasteiger partial charge in [-0.25, -0.2) is 0 Å². The van der Waals surface area contributed by atoms with Crippen molar-refractivity contribution in [1.29, 1.82) is 0 Å². The Hall–Kier alpha value is -0.800. The number of rotatable bonds is 0. The van der Waals surface area contributed by atoms with Gasteiger partial charge in [-0.05, 0) is 35.8 Å². The smallest absolute Gasteiger partial charge is 0.123 e. The molecule has 2 unspecified atom stereocenters. The Morgan fingerprint density at radius 1 is 1.47 bits per heavy atom. The number of hydrogen-bond acceptors (Lipinski definition) is 2. The largest absolute Gasteiger partial charge is 0.518 e. The summed E-state index contributed by atoms with van der Waals surface area (Å²) in [6, 6.07) is 6.00. The van der Waals surface area contributed by atoms with Crippen LogP contribution in [0, 0.1) is 12.8 Å². The van der Waals surface area contributed by atoms with Gasteiger partial charge >= 0.3 is 0 Å². The Morgan fingerprint density at radius 2 is 2.29 bits per heavy atom. The van der Waals surface area contributed by atoms with Gasteiger partial charge in [0.25, 0.3) is 0 Å². The molecule has 1 aromatic rings. The first-order chi connectivity index (χ1) is 8.10. The van der Waals surface area contributed by atoms with Crippen molar-refractivity contribution >= 4 is 21.5 Å². The van der Waals surface area contributed by atoms with Crippen molar-refractivity contribution in [1.82, 2.24) is 0 Å². The minimum absolute atomic E-state index is 0.151. The second kappa shape index (κ2) is 3.85. The fourth-order valence-corrected chi connectivity index (χ4v) is 2.92. The van der Waals surface area contributed by atoms with Crippen LogP contribution in [-0.4, -0.2) is 18.8 Å². The fourth-order valence-electron chi connectivity index (χ4n) is 2.56. The summed E-state index contributed by atoms with van der Waals surface area (Å²) in [5.74, 6) is 1.03. The Morgan fingerprint density at radius 3 is 3.12 bits per heavy atom. The second-order valence-electron chi connectivity index (χ2n) is 4.71. The lowest BCUT2D eigenvalue weighted by atomic mass is 9.76. The average molecular weight is 294 g/mol. The van der Waals surface area contributed by atoms with Gasteiger partial charge in [-0.1, -0.05) is 22.5 Å². The van der Waals surface area contributed by atoms with Gasteiger partial charge < -0.3 is 9.47 Å². The summed E-state index contributed by atoms with van der Waals surface area (Å²) in [5, 5.41) is 0. The van der Waals surface area contributed by atoms with Gasteiger partial charge in [0.2, 0.25) is 0 Å². The minimum Gasteiger partial charge on any atom is -0.518 e. The molecular formula is C14H14BrO2-. The summed E-state index contributed by atoms with van der Waals surface area (Å²) in [7, 11) is 0. The molecule has 0 N–H and O–H groups in total. The quantitative estimate of drug-likeness (QED) is 0.682. The SMILES string of the molecule is C=C1c2cc(Br)ccc2OC2([CH2-])CCOCC12. The maximum absolute atomic E-state index is 6.08. The highest BCUT2D eigenvalue weighted by atomic mass is 79.9. The molecule has 1 aromatic carbocycles. The Bertz CT molecular complexity index is 483. The molecule has 0 amide bonds. The molecule has 0 aliphatic carbocycles. The fraction of sp³-hybridized carbons (Fsp3) is 0.357. The van der Waals surface area contributed by atoms with Crippen LogP contribution in [0.25, 0.3) is 5.57 Å². The number of hydrogen-bond donors (Lipinski definition) is 0. The molecule has 3 heteroatoms. The van der Waals surface area contributed by atoms with Gasteiger partial charge in [-0.3, -0.25) is 6.92 Å². The van der Waals surface area contributed by atoms with Crippen LogP contribution >= 0.6 is 15.9 Å². The van der Waals surface area contributed by atoms with E-state index in [-0.39, 0.29) is 5.92 Å². The normalized spacial score (nSPS) is 31.4. The molecule has 90 valence electrons. The van der Waals surface area contributed by atoms with Gasteiger partial charge in [-0.2, -0.15) is 0 Å². The van der Waals surface area contributed by atoms with E-state index in [4.69, 9.17) is 9.47 Å². The van der Waals surface area contributed by atoms with Crippen molar-refractivity contribution in [2.45, 2.75) is 12.0 Å². The lowest BCUT2D eigenvalue weighted by Crippen LogP contribution is -2.50. The highest BCUT2D eigenvalue weighted by molar-refractivity contribution is 9.10. The Labute approximate surface area is 110 Å². The van der Waals surface area contributed by atoms with Crippen molar-refractivity contribution < 1.29 is 9.47 Å². The van der Waals surface area contributed by atoms with E-state index >= 15 is 0 Å². The maximum Gasteiger partial charge on any atom is 0.123 e. The van der Waals surface area contributed by atoms with Crippen LogP contribution in [0.3, 0.4) is 0 Å². The maximum atomic E-state index is 6.08. The van der Waals surface area contributed by atoms with Crippen LogP contribution < -0.4 is 4.74 Å². The van der Waals surface area contributed by atoms with Crippen molar-refractivity contribution in [3.05, 3.63) is 41.7 Å². The zero-order valence-electron chi connectivity index (χ0n) is 9.54. The third-order valence-corrected chi connectivity index (χ3v) is 4.10. The average Bonchev–Trinajstić information content (AvgIpc) is 2.30. The summed E-state index contributed by atoms with van der Waals surface area (Å²) in [4.78, 5) is 0. The molecule has 0 saturated carbocycles. The van der Waals surface area contributed by atoms with Crippen LogP contribution in [0.4, 0.5) is 0 Å². The van der Waals surface area contributed by atoms with Crippen molar-refractivity contribution in [2.75, 3.05) is 13.2 Å². The molecule has 0 radical (unpaired) electrons. The van der Waals surface area contributed by atoms with E-state index in [0.717, 1.165) is 27.8 Å². The highest BCUT2D eigenvalue weighted by Crippen LogP contribution is 2.47. The topological polar surface area (TPSA) is 18.5 Å². The molecule has 2 heterocycles. The Balaban J connectivity index is 2.09. The molecule has 2 aliphatic heterocycles. The van der Waals surface area contributed by atoms with E-state index in [2.05, 4.69) is 29.4 Å². The second-order valence-corrected chi connectivity index (χ2v) is 5.63. The van der Waals surface area contributed by atoms with Gasteiger partial charge in [0.15, 0.2) is 0 Å². The molecule has 0 spiro atoms. The van der Waals surface area contributed by atoms with E-state index in [1.54, 1.807) is 0 Å². The van der Waals surface area contributed by atoms with E-state index in [9.17, 15) is 0 Å². The molecule has 0 aromatic heterocycles. The first-order valence-electron chi connectivity index (χ1n) is 5.71. The summed E-state index contributed by atoms with van der Waals surface area (Å²) in [6.07, 6.45) is 0.812. The number of halogens is 1. The summed E-state index contributed by atoms with van der Waals surface area (Å²) in [5.41, 5.74) is 1.73. The number of benzene rings is 1. The number of ether oxygens (including phenoxy) is 2. The van der Waals surface area contributed by atoms with Crippen LogP contribution in [-0.2, 0) is 4.74 Å². The highest BCUT2D eigenvalue weighted by Gasteiger charge is 2.40. The molecule has 2 nitrogen and oxygen atoms in total. The molecular weight excluding hydrogens is 280 g/mol. The van der Waals surface area contributed by atoms with Gasteiger partial charge in [-0.15, -0.1) is 0 Å². The van der Waals surface area contributed by atoms with Crippen molar-refractivity contribution in [3.63, 3.8) is 0 Å². The lowest BCUT2D eigenvalue weighted by molar-refractivity contribution is -0.0527. The van der Waals surface area contributed by atoms with Gasteiger partial charge in [0.05, 0.1) is 6.61 Å². The predicted octanol–water partition coefficient (Wildman–Crippen LogP) is 3.46. The monoisotopic (exact) mass is 293 g/mol. The third kappa shape index (κ3) is 1.72. The molecule has 1 fully saturated rings. The van der Waals surface area contributed by atoms with E-state index in [1.165, 1.54) is 0 Å². The van der Waals surface area contributed by atoms with Crippen LogP contribution in [0.2, 0.25) is 0 Å². The van der Waals surface area contributed by atoms with Gasteiger partial charge in [0, 0.05) is 22.6 Å². The standard InChI is InChI=1S/C14H14BrO2/c1-9-11-7-10(15)3-4-13(11)17-14(2)5-6-16-8-12(9)14/h3-4,7,12H,1-2,5-6,8H2/q-1. The molecule has 2 aliphatic rings. The van der Waals surface area contributed by atoms with Gasteiger partial charge in [0.1, 0.15) is 5.75 Å². The first kappa shape index (κ1) is 11.3. The van der Waals surface area contributed by atoms with Crippen LogP contribution in [0.15, 0.2) is 29.3 Å². The van der Waals surface area contributed by atoms with E-state index in [1.807, 2.05) is 18.2 Å². The zero-order valence-corrected chi connectivity index (χ0v) is 11.1. The zero-order chi connectivity index (χ0) is 12.0. The molecule has 1 saturated heterocycles. The van der Waals surface area contributed by atoms with E-state index in [0.29, 0.717) is 13.2 Å². The number of fused-ring (bicyclic) bond motifs is 2. The lowest BCUT2D eigenvalue weighted by Gasteiger charge is -2.51. The molecule has 2 atom stereocenters. The summed E-state index contributed by atoms with van der Waals surface area (Å²) < 4.78 is 12.6. The van der Waals surface area contributed by atoms with Crippen molar-refractivity contribution in [3.8, 4) is 5.75 Å².